The molecule has 1 aromatic heterocycles. The first-order valence-corrected chi connectivity index (χ1v) is 10.3. The first-order valence-electron chi connectivity index (χ1n) is 8.82. The van der Waals surface area contributed by atoms with Crippen LogP contribution < -0.4 is 4.74 Å². The van der Waals surface area contributed by atoms with Gasteiger partial charge in [-0.15, -0.1) is 13.2 Å². The molecule has 0 fully saturated rings. The van der Waals surface area contributed by atoms with Crippen molar-refractivity contribution in [1.29, 1.82) is 0 Å². The molecule has 7 heteroatoms. The number of benzene rings is 1. The van der Waals surface area contributed by atoms with Crippen molar-refractivity contribution in [3.05, 3.63) is 72.6 Å². The quantitative estimate of drug-likeness (QED) is 0.451. The minimum absolute atomic E-state index is 0.0332. The Labute approximate surface area is 166 Å². The lowest BCUT2D eigenvalue weighted by Gasteiger charge is -2.20. The van der Waals surface area contributed by atoms with Crippen LogP contribution in [0.1, 0.15) is 21.7 Å². The number of carbonyl (C=O) groups is 1. The highest BCUT2D eigenvalue weighted by atomic mass is 32.2. The van der Waals surface area contributed by atoms with Crippen molar-refractivity contribution in [3.63, 3.8) is 0 Å². The number of carbonyl (C=O) groups excluding carboxylic acids is 1. The van der Waals surface area contributed by atoms with Crippen molar-refractivity contribution >= 4 is 15.8 Å². The molecular formula is C21H26N2O4S. The zero-order valence-electron chi connectivity index (χ0n) is 16.5. The van der Waals surface area contributed by atoms with E-state index in [4.69, 9.17) is 4.74 Å². The standard InChI is InChI=1S/C21H26N2O4S/c1-6-12-22(28(25,26)19-10-8-18(27-5)9-11-19)15-21(24)20-14-16(3)23(13-7-2)17(20)4/h6-11,14H,1-2,12-13,15H2,3-5H3. The van der Waals surface area contributed by atoms with Crippen LogP contribution in [-0.2, 0) is 16.6 Å². The Kier molecular flexibility index (Phi) is 6.99. The van der Waals surface area contributed by atoms with E-state index in [0.717, 1.165) is 15.7 Å². The molecule has 0 N–H and O–H groups in total. The van der Waals surface area contributed by atoms with Gasteiger partial charge in [-0.25, -0.2) is 8.42 Å². The molecule has 0 saturated carbocycles. The van der Waals surface area contributed by atoms with Crippen molar-refractivity contribution in [2.45, 2.75) is 25.3 Å². The van der Waals surface area contributed by atoms with Crippen molar-refractivity contribution in [2.24, 2.45) is 0 Å². The maximum Gasteiger partial charge on any atom is 0.243 e. The van der Waals surface area contributed by atoms with Crippen LogP contribution in [0, 0.1) is 13.8 Å². The number of rotatable bonds is 10. The highest BCUT2D eigenvalue weighted by Gasteiger charge is 2.27. The minimum atomic E-state index is -3.85. The van der Waals surface area contributed by atoms with Gasteiger partial charge in [0, 0.05) is 30.0 Å². The maximum atomic E-state index is 13.0. The first-order chi connectivity index (χ1) is 13.3. The predicted molar refractivity (Wildman–Crippen MR) is 110 cm³/mol. The van der Waals surface area contributed by atoms with Crippen LogP contribution in [-0.4, -0.2) is 43.3 Å². The summed E-state index contributed by atoms with van der Waals surface area (Å²) in [5, 5.41) is 0. The Morgan fingerprint density at radius 3 is 2.36 bits per heavy atom. The fraction of sp³-hybridized carbons (Fsp3) is 0.286. The Balaban J connectivity index is 2.33. The van der Waals surface area contributed by atoms with E-state index in [2.05, 4.69) is 13.2 Å². The molecule has 2 aromatic rings. The molecule has 0 spiro atoms. The molecule has 1 heterocycles. The van der Waals surface area contributed by atoms with Gasteiger partial charge in [0.25, 0.3) is 0 Å². The predicted octanol–water partition coefficient (Wildman–Crippen LogP) is 3.36. The molecule has 0 aliphatic carbocycles. The third-order valence-corrected chi connectivity index (χ3v) is 6.36. The summed E-state index contributed by atoms with van der Waals surface area (Å²) in [5.74, 6) is 0.294. The van der Waals surface area contributed by atoms with Gasteiger partial charge in [0.1, 0.15) is 5.75 Å². The Hall–Kier alpha value is -2.64. The molecule has 6 nitrogen and oxygen atoms in total. The Bertz CT molecular complexity index is 973. The highest BCUT2D eigenvalue weighted by molar-refractivity contribution is 7.89. The number of nitrogens with zero attached hydrogens (tertiary/aromatic N) is 2. The summed E-state index contributed by atoms with van der Waals surface area (Å²) in [6, 6.07) is 7.86. The average Bonchev–Trinajstić information content (AvgIpc) is 2.96. The van der Waals surface area contributed by atoms with Crippen LogP contribution in [0.2, 0.25) is 0 Å². The monoisotopic (exact) mass is 402 g/mol. The van der Waals surface area contributed by atoms with Gasteiger partial charge in [0.2, 0.25) is 10.0 Å². The number of Topliss-reactive ketones (excluding diaryl/α,β-unsaturated/α-hetero) is 1. The topological polar surface area (TPSA) is 68.6 Å². The van der Waals surface area contributed by atoms with Crippen LogP contribution in [0.5, 0.6) is 5.75 Å². The van der Waals surface area contributed by atoms with E-state index < -0.39 is 10.0 Å². The van der Waals surface area contributed by atoms with Crippen molar-refractivity contribution in [2.75, 3.05) is 20.2 Å². The molecule has 0 radical (unpaired) electrons. The van der Waals surface area contributed by atoms with Gasteiger partial charge in [-0.3, -0.25) is 4.79 Å². The van der Waals surface area contributed by atoms with E-state index in [0.29, 0.717) is 17.9 Å². The molecule has 2 rings (SSSR count). The fourth-order valence-corrected chi connectivity index (χ4v) is 4.39. The average molecular weight is 403 g/mol. The zero-order valence-corrected chi connectivity index (χ0v) is 17.3. The second kappa shape index (κ2) is 9.03. The minimum Gasteiger partial charge on any atom is -0.497 e. The maximum absolute atomic E-state index is 13.0. The van der Waals surface area contributed by atoms with Crippen LogP contribution in [0.4, 0.5) is 0 Å². The number of methoxy groups -OCH3 is 1. The Morgan fingerprint density at radius 1 is 1.18 bits per heavy atom. The summed E-state index contributed by atoms with van der Waals surface area (Å²) >= 11 is 0. The van der Waals surface area contributed by atoms with E-state index in [1.807, 2.05) is 18.4 Å². The molecule has 28 heavy (non-hydrogen) atoms. The van der Waals surface area contributed by atoms with Gasteiger partial charge in [0.15, 0.2) is 5.78 Å². The molecule has 0 saturated heterocycles. The molecule has 0 amide bonds. The lowest BCUT2D eigenvalue weighted by Crippen LogP contribution is -2.36. The summed E-state index contributed by atoms with van der Waals surface area (Å²) in [5.41, 5.74) is 2.23. The molecule has 0 bridgehead atoms. The van der Waals surface area contributed by atoms with Crippen LogP contribution in [0.15, 0.2) is 60.5 Å². The molecule has 1 aromatic carbocycles. The smallest absolute Gasteiger partial charge is 0.243 e. The highest BCUT2D eigenvalue weighted by Crippen LogP contribution is 2.21. The van der Waals surface area contributed by atoms with Gasteiger partial charge in [0.05, 0.1) is 18.6 Å². The van der Waals surface area contributed by atoms with Gasteiger partial charge in [-0.05, 0) is 44.2 Å². The summed E-state index contributed by atoms with van der Waals surface area (Å²) in [7, 11) is -2.35. The van der Waals surface area contributed by atoms with Crippen LogP contribution in [0.25, 0.3) is 0 Å². The normalized spacial score (nSPS) is 11.4. The van der Waals surface area contributed by atoms with Gasteiger partial charge < -0.3 is 9.30 Å². The number of aromatic nitrogens is 1. The summed E-state index contributed by atoms with van der Waals surface area (Å²) in [6.07, 6.45) is 3.22. The van der Waals surface area contributed by atoms with Crippen molar-refractivity contribution in [3.8, 4) is 5.75 Å². The third-order valence-electron chi connectivity index (χ3n) is 4.54. The summed E-state index contributed by atoms with van der Waals surface area (Å²) in [6.45, 7) is 11.5. The molecule has 0 aliphatic rings. The number of ketones is 1. The SMILES string of the molecule is C=CCN(CC(=O)c1cc(C)n(CC=C)c1C)S(=O)(=O)c1ccc(OC)cc1. The molecule has 0 unspecified atom stereocenters. The van der Waals surface area contributed by atoms with Crippen LogP contribution >= 0.6 is 0 Å². The van der Waals surface area contributed by atoms with Gasteiger partial charge >= 0.3 is 0 Å². The number of ether oxygens (including phenoxy) is 1. The fourth-order valence-electron chi connectivity index (χ4n) is 3.03. The number of hydrogen-bond acceptors (Lipinski definition) is 4. The zero-order chi connectivity index (χ0) is 20.9. The van der Waals surface area contributed by atoms with E-state index in [1.54, 1.807) is 24.3 Å². The lowest BCUT2D eigenvalue weighted by molar-refractivity contribution is 0.0968. The largest absolute Gasteiger partial charge is 0.497 e. The van der Waals surface area contributed by atoms with Crippen molar-refractivity contribution < 1.29 is 17.9 Å². The lowest BCUT2D eigenvalue weighted by atomic mass is 10.1. The van der Waals surface area contributed by atoms with E-state index in [-0.39, 0.29) is 23.8 Å². The molecule has 0 aliphatic heterocycles. The van der Waals surface area contributed by atoms with E-state index in [1.165, 1.54) is 25.3 Å². The van der Waals surface area contributed by atoms with E-state index in [9.17, 15) is 13.2 Å². The summed E-state index contributed by atoms with van der Waals surface area (Å²) < 4.78 is 34.2. The van der Waals surface area contributed by atoms with Gasteiger partial charge in [-0.1, -0.05) is 12.2 Å². The number of aryl methyl sites for hydroxylation is 1. The number of sulfonamides is 1. The van der Waals surface area contributed by atoms with Crippen molar-refractivity contribution in [1.82, 2.24) is 8.87 Å². The molecule has 150 valence electrons. The van der Waals surface area contributed by atoms with E-state index >= 15 is 0 Å². The van der Waals surface area contributed by atoms with Gasteiger partial charge in [-0.2, -0.15) is 4.31 Å². The van der Waals surface area contributed by atoms with Crippen LogP contribution in [0.3, 0.4) is 0 Å². The summed E-state index contributed by atoms with van der Waals surface area (Å²) in [4.78, 5) is 13.0. The number of hydrogen-bond donors (Lipinski definition) is 0. The second-order valence-corrected chi connectivity index (χ2v) is 8.31. The molecule has 0 atom stereocenters. The second-order valence-electron chi connectivity index (χ2n) is 6.37. The number of allylic oxidation sites excluding steroid dienone is 1. The molecular weight excluding hydrogens is 376 g/mol. The third kappa shape index (κ3) is 4.43. The first kappa shape index (κ1) is 21.7. The Morgan fingerprint density at radius 2 is 1.82 bits per heavy atom.